The molecule has 0 N–H and O–H groups in total. The lowest BCUT2D eigenvalue weighted by Crippen LogP contribution is -2.44. The lowest BCUT2D eigenvalue weighted by Gasteiger charge is -2.33. The summed E-state index contributed by atoms with van der Waals surface area (Å²) in [7, 11) is 0. The predicted octanol–water partition coefficient (Wildman–Crippen LogP) is 3.44. The van der Waals surface area contributed by atoms with Gasteiger partial charge < -0.3 is 14.2 Å². The first-order valence-electron chi connectivity index (χ1n) is 9.09. The van der Waals surface area contributed by atoms with Crippen molar-refractivity contribution in [1.82, 2.24) is 15.0 Å². The van der Waals surface area contributed by atoms with Crippen molar-refractivity contribution in [2.75, 3.05) is 19.7 Å². The third kappa shape index (κ3) is 3.40. The van der Waals surface area contributed by atoms with Gasteiger partial charge in [0.2, 0.25) is 0 Å². The molecule has 146 valence electrons. The highest BCUT2D eigenvalue weighted by Gasteiger charge is 2.39. The maximum atomic E-state index is 13.6. The number of aromatic nitrogens is 2. The Bertz CT molecular complexity index is 859. The molecule has 2 aliphatic rings. The van der Waals surface area contributed by atoms with Crippen LogP contribution < -0.4 is 0 Å². The van der Waals surface area contributed by atoms with Crippen molar-refractivity contribution in [3.63, 3.8) is 0 Å². The van der Waals surface area contributed by atoms with Gasteiger partial charge in [0.25, 0.3) is 11.6 Å². The molecule has 0 saturated carbocycles. The Morgan fingerprint density at radius 1 is 1.30 bits per heavy atom. The quantitative estimate of drug-likeness (QED) is 0.795. The molecule has 2 saturated heterocycles. The molecular formula is C18H20F3N3O3. The second-order valence-electron chi connectivity index (χ2n) is 7.18. The number of aryl methyl sites for hydroxylation is 1. The van der Waals surface area contributed by atoms with Gasteiger partial charge in [0.1, 0.15) is 6.10 Å². The van der Waals surface area contributed by atoms with Crippen LogP contribution >= 0.6 is 0 Å². The number of hydrogen-bond donors (Lipinski definition) is 0. The van der Waals surface area contributed by atoms with E-state index in [4.69, 9.17) is 9.26 Å². The number of nitrogens with zero attached hydrogens (tertiary/aromatic N) is 3. The summed E-state index contributed by atoms with van der Waals surface area (Å²) >= 11 is 0. The summed E-state index contributed by atoms with van der Waals surface area (Å²) in [6, 6.07) is 1.02. The predicted molar refractivity (Wildman–Crippen MR) is 89.1 cm³/mol. The fraction of sp³-hybridized carbons (Fsp3) is 0.611. The Morgan fingerprint density at radius 3 is 2.81 bits per heavy atom. The molecule has 2 atom stereocenters. The Hall–Kier alpha value is -2.16. The summed E-state index contributed by atoms with van der Waals surface area (Å²) in [6.07, 6.45) is -2.10. The van der Waals surface area contributed by atoms with E-state index in [-0.39, 0.29) is 34.3 Å². The maximum absolute atomic E-state index is 13.6. The van der Waals surface area contributed by atoms with E-state index < -0.39 is 17.8 Å². The van der Waals surface area contributed by atoms with Crippen LogP contribution in [-0.4, -0.2) is 46.7 Å². The van der Waals surface area contributed by atoms with Crippen molar-refractivity contribution in [2.45, 2.75) is 50.8 Å². The molecule has 9 heteroatoms. The molecule has 2 aromatic heterocycles. The van der Waals surface area contributed by atoms with Crippen molar-refractivity contribution in [2.24, 2.45) is 0 Å². The van der Waals surface area contributed by atoms with E-state index in [9.17, 15) is 18.0 Å². The van der Waals surface area contributed by atoms with E-state index in [1.807, 2.05) is 0 Å². The average Bonchev–Trinajstić information content (AvgIpc) is 3.29. The molecular weight excluding hydrogens is 363 g/mol. The Labute approximate surface area is 153 Å². The number of carbonyl (C=O) groups is 1. The molecule has 1 amide bonds. The zero-order chi connectivity index (χ0) is 19.2. The molecule has 0 spiro atoms. The van der Waals surface area contributed by atoms with Gasteiger partial charge in [0.15, 0.2) is 0 Å². The van der Waals surface area contributed by atoms with Gasteiger partial charge in [0, 0.05) is 31.3 Å². The zero-order valence-electron chi connectivity index (χ0n) is 14.9. The van der Waals surface area contributed by atoms with Crippen LogP contribution in [0.3, 0.4) is 0 Å². The number of pyridine rings is 1. The number of ether oxygens (including phenoxy) is 1. The molecule has 2 unspecified atom stereocenters. The van der Waals surface area contributed by atoms with Gasteiger partial charge in [-0.3, -0.25) is 4.79 Å². The van der Waals surface area contributed by atoms with E-state index >= 15 is 0 Å². The van der Waals surface area contributed by atoms with Crippen molar-refractivity contribution >= 4 is 17.0 Å². The molecule has 0 radical (unpaired) electrons. The van der Waals surface area contributed by atoms with Gasteiger partial charge in [-0.25, -0.2) is 4.98 Å². The molecule has 0 aromatic carbocycles. The van der Waals surface area contributed by atoms with Crippen molar-refractivity contribution in [3.8, 4) is 0 Å². The summed E-state index contributed by atoms with van der Waals surface area (Å²) in [5, 5.41) is 3.83. The summed E-state index contributed by atoms with van der Waals surface area (Å²) in [6.45, 7) is 2.95. The molecule has 27 heavy (non-hydrogen) atoms. The first-order chi connectivity index (χ1) is 12.8. The van der Waals surface area contributed by atoms with Crippen molar-refractivity contribution in [3.05, 3.63) is 23.0 Å². The second kappa shape index (κ2) is 6.78. The van der Waals surface area contributed by atoms with Gasteiger partial charge in [-0.1, -0.05) is 5.16 Å². The first-order valence-corrected chi connectivity index (χ1v) is 9.09. The minimum Gasteiger partial charge on any atom is -0.368 e. The largest absolute Gasteiger partial charge is 0.417 e. The Morgan fingerprint density at radius 2 is 2.11 bits per heavy atom. The highest BCUT2D eigenvalue weighted by Crippen LogP contribution is 2.40. The average molecular weight is 383 g/mol. The smallest absolute Gasteiger partial charge is 0.368 e. The molecule has 4 rings (SSSR count). The minimum atomic E-state index is -4.53. The number of halogens is 3. The molecule has 4 heterocycles. The summed E-state index contributed by atoms with van der Waals surface area (Å²) in [5.41, 5.74) is -0.449. The number of rotatable bonds is 2. The number of hydrogen-bond acceptors (Lipinski definition) is 5. The molecule has 0 bridgehead atoms. The standard InChI is InChI=1S/C18H20F3N3O3/c1-10-8-12(18(19,20)21)14-15(23-27-16(14)22-10)11-4-2-6-24(9-11)17(25)13-5-3-7-26-13/h8,11,13H,2-7,9H2,1H3. The number of carbonyl (C=O) groups excluding carboxylic acids is 1. The van der Waals surface area contributed by atoms with E-state index in [1.165, 1.54) is 6.92 Å². The second-order valence-corrected chi connectivity index (χ2v) is 7.18. The minimum absolute atomic E-state index is 0.0879. The molecule has 0 aliphatic carbocycles. The third-order valence-corrected chi connectivity index (χ3v) is 5.23. The normalized spacial score (nSPS) is 23.9. The van der Waals surface area contributed by atoms with Crippen LogP contribution in [0.1, 0.15) is 48.6 Å². The number of amides is 1. The van der Waals surface area contributed by atoms with Crippen molar-refractivity contribution < 1.29 is 27.2 Å². The lowest BCUT2D eigenvalue weighted by atomic mass is 9.91. The monoisotopic (exact) mass is 383 g/mol. The molecule has 6 nitrogen and oxygen atoms in total. The molecule has 2 aromatic rings. The van der Waals surface area contributed by atoms with Crippen molar-refractivity contribution in [1.29, 1.82) is 0 Å². The van der Waals surface area contributed by atoms with Gasteiger partial charge in [0.05, 0.1) is 16.6 Å². The highest BCUT2D eigenvalue weighted by atomic mass is 19.4. The first kappa shape index (κ1) is 18.2. The van der Waals surface area contributed by atoms with E-state index in [0.29, 0.717) is 39.0 Å². The van der Waals surface area contributed by atoms with Gasteiger partial charge in [-0.2, -0.15) is 13.2 Å². The van der Waals surface area contributed by atoms with Gasteiger partial charge >= 0.3 is 6.18 Å². The van der Waals surface area contributed by atoms with Crippen LogP contribution in [0.15, 0.2) is 10.6 Å². The fourth-order valence-electron chi connectivity index (χ4n) is 3.98. The number of fused-ring (bicyclic) bond motifs is 1. The maximum Gasteiger partial charge on any atom is 0.417 e. The SMILES string of the molecule is Cc1cc(C(F)(F)F)c2c(C3CCCN(C(=O)C4CCCO4)C3)noc2n1. The molecule has 2 aliphatic heterocycles. The lowest BCUT2D eigenvalue weighted by molar-refractivity contribution is -0.142. The van der Waals surface area contributed by atoms with Crippen LogP contribution in [0.4, 0.5) is 13.2 Å². The van der Waals surface area contributed by atoms with Crippen LogP contribution in [0.25, 0.3) is 11.1 Å². The topological polar surface area (TPSA) is 68.5 Å². The Kier molecular flexibility index (Phi) is 4.57. The van der Waals surface area contributed by atoms with Gasteiger partial charge in [-0.05, 0) is 38.7 Å². The zero-order valence-corrected chi connectivity index (χ0v) is 14.9. The van der Waals surface area contributed by atoms with E-state index in [1.54, 1.807) is 4.90 Å². The highest BCUT2D eigenvalue weighted by molar-refractivity contribution is 5.83. The third-order valence-electron chi connectivity index (χ3n) is 5.23. The summed E-state index contributed by atoms with van der Waals surface area (Å²) in [4.78, 5) is 18.3. The summed E-state index contributed by atoms with van der Waals surface area (Å²) < 4.78 is 51.2. The Balaban J connectivity index is 1.66. The van der Waals surface area contributed by atoms with Crippen LogP contribution in [0.2, 0.25) is 0 Å². The number of alkyl halides is 3. The van der Waals surface area contributed by atoms with Crippen LogP contribution in [-0.2, 0) is 15.7 Å². The van der Waals surface area contributed by atoms with Gasteiger partial charge in [-0.15, -0.1) is 0 Å². The van der Waals surface area contributed by atoms with Crippen LogP contribution in [0, 0.1) is 6.92 Å². The fourth-order valence-corrected chi connectivity index (χ4v) is 3.98. The van der Waals surface area contributed by atoms with E-state index in [0.717, 1.165) is 12.5 Å². The number of likely N-dealkylation sites (tertiary alicyclic amines) is 1. The van der Waals surface area contributed by atoms with E-state index in [2.05, 4.69) is 10.1 Å². The molecule has 2 fully saturated rings. The van der Waals surface area contributed by atoms with Crippen LogP contribution in [0.5, 0.6) is 0 Å². The summed E-state index contributed by atoms with van der Waals surface area (Å²) in [5.74, 6) is -0.411. The number of piperidine rings is 1.